The van der Waals surface area contributed by atoms with Crippen molar-refractivity contribution in [2.24, 2.45) is 0 Å². The zero-order valence-corrected chi connectivity index (χ0v) is 17.7. The molecule has 0 radical (unpaired) electrons. The van der Waals surface area contributed by atoms with Gasteiger partial charge in [-0.3, -0.25) is 4.79 Å². The first-order valence-corrected chi connectivity index (χ1v) is 10.1. The van der Waals surface area contributed by atoms with Crippen LogP contribution < -0.4 is 5.32 Å². The van der Waals surface area contributed by atoms with Crippen LogP contribution in [0, 0.1) is 13.8 Å². The summed E-state index contributed by atoms with van der Waals surface area (Å²) in [4.78, 5) is 12.3. The van der Waals surface area contributed by atoms with E-state index in [1.807, 2.05) is 50.2 Å². The maximum absolute atomic E-state index is 12.3. The van der Waals surface area contributed by atoms with Crippen LogP contribution in [0.1, 0.15) is 37.5 Å². The number of amides is 1. The van der Waals surface area contributed by atoms with Gasteiger partial charge in [-0.1, -0.05) is 62.4 Å². The van der Waals surface area contributed by atoms with E-state index in [2.05, 4.69) is 47.7 Å². The van der Waals surface area contributed by atoms with Gasteiger partial charge >= 0.3 is 0 Å². The van der Waals surface area contributed by atoms with E-state index in [9.17, 15) is 4.79 Å². The van der Waals surface area contributed by atoms with E-state index in [4.69, 9.17) is 0 Å². The largest absolute Gasteiger partial charge is 0.325 e. The monoisotopic (exact) mass is 395 g/mol. The second-order valence-corrected chi connectivity index (χ2v) is 8.77. The number of nitrogens with one attached hydrogen (secondary N) is 1. The number of benzene rings is 2. The van der Waals surface area contributed by atoms with Gasteiger partial charge in [0.1, 0.15) is 0 Å². The number of hydrogen-bond acceptors (Lipinski definition) is 5. The molecule has 1 amide bonds. The lowest BCUT2D eigenvalue weighted by Crippen LogP contribution is -2.15. The first kappa shape index (κ1) is 20.1. The molecule has 0 bridgehead atoms. The Morgan fingerprint density at radius 2 is 1.82 bits per heavy atom. The smallest absolute Gasteiger partial charge is 0.234 e. The van der Waals surface area contributed by atoms with Crippen LogP contribution in [0.3, 0.4) is 0 Å². The molecular formula is C21H25N5OS. The van der Waals surface area contributed by atoms with E-state index < -0.39 is 0 Å². The summed E-state index contributed by atoms with van der Waals surface area (Å²) >= 11 is 1.31. The molecule has 3 rings (SSSR count). The summed E-state index contributed by atoms with van der Waals surface area (Å²) in [6, 6.07) is 14.0. The maximum atomic E-state index is 12.3. The number of anilines is 1. The van der Waals surface area contributed by atoms with E-state index in [1.165, 1.54) is 22.9 Å². The molecule has 0 spiro atoms. The molecule has 0 unspecified atom stereocenters. The molecule has 0 aliphatic rings. The standard InChI is InChI=1S/C21H25N5OS/c1-14-6-11-18(15(2)12-14)26-20(23-24-25-26)28-13-19(27)22-17-9-7-16(8-10-17)21(3,4)5/h6-12H,13H2,1-5H3,(H,22,27). The predicted molar refractivity (Wildman–Crippen MR) is 113 cm³/mol. The van der Waals surface area contributed by atoms with Crippen LogP contribution in [0.15, 0.2) is 47.6 Å². The number of thioether (sulfide) groups is 1. The highest BCUT2D eigenvalue weighted by molar-refractivity contribution is 7.99. The summed E-state index contributed by atoms with van der Waals surface area (Å²) in [5.74, 6) is 0.135. The SMILES string of the molecule is Cc1ccc(-n2nnnc2SCC(=O)Nc2ccc(C(C)(C)C)cc2)c(C)c1. The van der Waals surface area contributed by atoms with Gasteiger partial charge in [0.05, 0.1) is 11.4 Å². The molecule has 0 atom stereocenters. The number of carbonyl (C=O) groups is 1. The molecule has 6 nitrogen and oxygen atoms in total. The molecule has 1 heterocycles. The Morgan fingerprint density at radius 1 is 1.11 bits per heavy atom. The summed E-state index contributed by atoms with van der Waals surface area (Å²) in [5.41, 5.74) is 5.28. The summed E-state index contributed by atoms with van der Waals surface area (Å²) < 4.78 is 1.67. The topological polar surface area (TPSA) is 72.7 Å². The fourth-order valence-corrected chi connectivity index (χ4v) is 3.53. The fraction of sp³-hybridized carbons (Fsp3) is 0.333. The van der Waals surface area contributed by atoms with Crippen LogP contribution in [0.2, 0.25) is 0 Å². The maximum Gasteiger partial charge on any atom is 0.234 e. The Balaban J connectivity index is 1.64. The van der Waals surface area contributed by atoms with Crippen molar-refractivity contribution in [2.45, 2.75) is 45.2 Å². The number of aryl methyl sites for hydroxylation is 2. The third-order valence-electron chi connectivity index (χ3n) is 4.39. The van der Waals surface area contributed by atoms with Gasteiger partial charge in [-0.05, 0) is 59.0 Å². The summed E-state index contributed by atoms with van der Waals surface area (Å²) in [5, 5.41) is 15.4. The minimum absolute atomic E-state index is 0.0869. The molecule has 3 aromatic rings. The minimum Gasteiger partial charge on any atom is -0.325 e. The third kappa shape index (κ3) is 4.78. The van der Waals surface area contributed by atoms with E-state index in [0.717, 1.165) is 16.9 Å². The van der Waals surface area contributed by atoms with Crippen LogP contribution in [-0.2, 0) is 10.2 Å². The second kappa shape index (κ2) is 8.14. The Labute approximate surface area is 169 Å². The molecule has 7 heteroatoms. The van der Waals surface area contributed by atoms with Crippen molar-refractivity contribution in [3.8, 4) is 5.69 Å². The molecular weight excluding hydrogens is 370 g/mol. The van der Waals surface area contributed by atoms with Gasteiger partial charge in [-0.25, -0.2) is 0 Å². The van der Waals surface area contributed by atoms with Gasteiger partial charge in [0.25, 0.3) is 0 Å². The van der Waals surface area contributed by atoms with E-state index in [0.29, 0.717) is 5.16 Å². The highest BCUT2D eigenvalue weighted by atomic mass is 32.2. The van der Waals surface area contributed by atoms with Gasteiger partial charge in [-0.2, -0.15) is 4.68 Å². The zero-order valence-electron chi connectivity index (χ0n) is 16.9. The van der Waals surface area contributed by atoms with Crippen molar-refractivity contribution in [1.29, 1.82) is 0 Å². The molecule has 0 fully saturated rings. The van der Waals surface area contributed by atoms with E-state index >= 15 is 0 Å². The highest BCUT2D eigenvalue weighted by Gasteiger charge is 2.15. The van der Waals surface area contributed by atoms with Crippen LogP contribution in [-0.4, -0.2) is 31.9 Å². The van der Waals surface area contributed by atoms with Gasteiger partial charge < -0.3 is 5.32 Å². The van der Waals surface area contributed by atoms with Crippen molar-refractivity contribution in [3.63, 3.8) is 0 Å². The Kier molecular flexibility index (Phi) is 5.84. The van der Waals surface area contributed by atoms with Crippen molar-refractivity contribution < 1.29 is 4.79 Å². The summed E-state index contributed by atoms with van der Waals surface area (Å²) in [6.45, 7) is 10.6. The zero-order chi connectivity index (χ0) is 20.3. The molecule has 0 saturated carbocycles. The number of nitrogens with zero attached hydrogens (tertiary/aromatic N) is 4. The number of aromatic nitrogens is 4. The van der Waals surface area contributed by atoms with Gasteiger partial charge in [0.2, 0.25) is 11.1 Å². The van der Waals surface area contributed by atoms with Crippen LogP contribution in [0.4, 0.5) is 5.69 Å². The van der Waals surface area contributed by atoms with E-state index in [1.54, 1.807) is 4.68 Å². The lowest BCUT2D eigenvalue weighted by Gasteiger charge is -2.19. The quantitative estimate of drug-likeness (QED) is 0.652. The molecule has 2 aromatic carbocycles. The van der Waals surface area contributed by atoms with Gasteiger partial charge in [0.15, 0.2) is 0 Å². The Hall–Kier alpha value is -2.67. The molecule has 0 saturated heterocycles. The molecule has 0 aliphatic heterocycles. The molecule has 0 aliphatic carbocycles. The molecule has 146 valence electrons. The number of carbonyl (C=O) groups excluding carboxylic acids is 1. The summed E-state index contributed by atoms with van der Waals surface area (Å²) in [7, 11) is 0. The molecule has 1 aromatic heterocycles. The van der Waals surface area contributed by atoms with E-state index in [-0.39, 0.29) is 17.1 Å². The van der Waals surface area contributed by atoms with Crippen LogP contribution in [0.5, 0.6) is 0 Å². The fourth-order valence-electron chi connectivity index (χ4n) is 2.84. The Bertz CT molecular complexity index is 973. The molecule has 1 N–H and O–H groups in total. The van der Waals surface area contributed by atoms with Gasteiger partial charge in [0, 0.05) is 5.69 Å². The average molecular weight is 396 g/mol. The number of tetrazole rings is 1. The number of hydrogen-bond donors (Lipinski definition) is 1. The van der Waals surface area contributed by atoms with Crippen molar-refractivity contribution in [1.82, 2.24) is 20.2 Å². The normalized spacial score (nSPS) is 11.5. The lowest BCUT2D eigenvalue weighted by atomic mass is 9.87. The van der Waals surface area contributed by atoms with Crippen molar-refractivity contribution in [2.75, 3.05) is 11.1 Å². The average Bonchev–Trinajstić information content (AvgIpc) is 3.08. The second-order valence-electron chi connectivity index (χ2n) is 7.83. The first-order chi connectivity index (χ1) is 13.2. The lowest BCUT2D eigenvalue weighted by molar-refractivity contribution is -0.113. The van der Waals surface area contributed by atoms with Crippen LogP contribution >= 0.6 is 11.8 Å². The molecule has 28 heavy (non-hydrogen) atoms. The Morgan fingerprint density at radius 3 is 2.46 bits per heavy atom. The van der Waals surface area contributed by atoms with Crippen molar-refractivity contribution >= 4 is 23.4 Å². The predicted octanol–water partition coefficient (Wildman–Crippen LogP) is 4.31. The van der Waals surface area contributed by atoms with Crippen LogP contribution in [0.25, 0.3) is 5.69 Å². The third-order valence-corrected chi connectivity index (χ3v) is 5.31. The first-order valence-electron chi connectivity index (χ1n) is 9.13. The van der Waals surface area contributed by atoms with Crippen molar-refractivity contribution in [3.05, 3.63) is 59.2 Å². The highest BCUT2D eigenvalue weighted by Crippen LogP contribution is 2.24. The number of rotatable bonds is 5. The summed E-state index contributed by atoms with van der Waals surface area (Å²) in [6.07, 6.45) is 0. The minimum atomic E-state index is -0.0938. The van der Waals surface area contributed by atoms with Gasteiger partial charge in [-0.15, -0.1) is 5.10 Å².